The topological polar surface area (TPSA) is 86.7 Å². The predicted molar refractivity (Wildman–Crippen MR) is 235 cm³/mol. The maximum atomic E-state index is 13.4. The number of ketones is 2. The first-order valence-electron chi connectivity index (χ1n) is 18.7. The van der Waals surface area contributed by atoms with Crippen molar-refractivity contribution in [3.8, 4) is 22.3 Å². The lowest BCUT2D eigenvalue weighted by Crippen LogP contribution is -1.95. The van der Waals surface area contributed by atoms with E-state index in [1.807, 2.05) is 133 Å². The Morgan fingerprint density at radius 3 is 1.09 bits per heavy atom. The van der Waals surface area contributed by atoms with Crippen molar-refractivity contribution in [3.63, 3.8) is 0 Å². The van der Waals surface area contributed by atoms with Gasteiger partial charge >= 0.3 is 0 Å². The van der Waals surface area contributed by atoms with Crippen molar-refractivity contribution < 1.29 is 27.3 Å². The number of halogens is 2. The van der Waals surface area contributed by atoms with Crippen LogP contribution in [-0.2, 0) is 0 Å². The van der Waals surface area contributed by atoms with Crippen LogP contribution >= 0.6 is 31.9 Å². The molecular formula is C50H22Br2O6. The van der Waals surface area contributed by atoms with Gasteiger partial charge in [0.25, 0.3) is 0 Å². The number of fused-ring (bicyclic) bond motifs is 22. The van der Waals surface area contributed by atoms with Gasteiger partial charge in [0.05, 0.1) is 0 Å². The molecule has 4 heterocycles. The van der Waals surface area contributed by atoms with Crippen LogP contribution in [0, 0.1) is 0 Å². The number of para-hydroxylation sites is 4. The zero-order valence-corrected chi connectivity index (χ0v) is 33.1. The minimum atomic E-state index is -0.0221. The first-order valence-corrected chi connectivity index (χ1v) is 20.3. The molecule has 272 valence electrons. The van der Waals surface area contributed by atoms with E-state index >= 15 is 0 Å². The van der Waals surface area contributed by atoms with Crippen LogP contribution < -0.4 is 0 Å². The molecule has 0 saturated carbocycles. The molecule has 0 aliphatic heterocycles. The summed E-state index contributed by atoms with van der Waals surface area (Å²) in [5, 5.41) is 8.11. The number of hydrogen-bond donors (Lipinski definition) is 0. The lowest BCUT2D eigenvalue weighted by Gasteiger charge is -2.05. The maximum absolute atomic E-state index is 13.4. The molecule has 0 unspecified atom stereocenters. The van der Waals surface area contributed by atoms with Gasteiger partial charge in [-0.2, -0.15) is 0 Å². The first-order chi connectivity index (χ1) is 28.4. The molecule has 14 rings (SSSR count). The van der Waals surface area contributed by atoms with Gasteiger partial charge < -0.3 is 17.7 Å². The quantitative estimate of drug-likeness (QED) is 0.151. The third-order valence-electron chi connectivity index (χ3n) is 11.8. The molecule has 0 atom stereocenters. The van der Waals surface area contributed by atoms with Crippen LogP contribution in [0.4, 0.5) is 0 Å². The monoisotopic (exact) mass is 876 g/mol. The molecule has 0 spiro atoms. The molecule has 0 bridgehead atoms. The fourth-order valence-corrected chi connectivity index (χ4v) is 10.5. The van der Waals surface area contributed by atoms with Crippen LogP contribution in [0.25, 0.3) is 110 Å². The van der Waals surface area contributed by atoms with E-state index in [0.717, 1.165) is 108 Å². The van der Waals surface area contributed by atoms with E-state index in [2.05, 4.69) is 31.9 Å². The Morgan fingerprint density at radius 1 is 0.328 bits per heavy atom. The summed E-state index contributed by atoms with van der Waals surface area (Å²) in [6.45, 7) is 0. The van der Waals surface area contributed by atoms with Gasteiger partial charge in [-0.1, -0.05) is 72.8 Å². The number of hydrogen-bond acceptors (Lipinski definition) is 6. The van der Waals surface area contributed by atoms with Crippen molar-refractivity contribution in [1.29, 1.82) is 0 Å². The summed E-state index contributed by atoms with van der Waals surface area (Å²) in [4.78, 5) is 26.5. The van der Waals surface area contributed by atoms with Crippen molar-refractivity contribution in [2.24, 2.45) is 0 Å². The van der Waals surface area contributed by atoms with E-state index in [1.165, 1.54) is 0 Å². The zero-order chi connectivity index (χ0) is 38.6. The summed E-state index contributed by atoms with van der Waals surface area (Å²) in [7, 11) is 0. The fraction of sp³-hybridized carbons (Fsp3) is 0. The largest absolute Gasteiger partial charge is 0.455 e. The fourth-order valence-electron chi connectivity index (χ4n) is 9.30. The van der Waals surface area contributed by atoms with Crippen LogP contribution in [0.5, 0.6) is 0 Å². The van der Waals surface area contributed by atoms with Crippen molar-refractivity contribution in [1.82, 2.24) is 0 Å². The Hall–Kier alpha value is -6.74. The highest BCUT2D eigenvalue weighted by molar-refractivity contribution is 9.11. The number of rotatable bonds is 0. The maximum Gasteiger partial charge on any atom is 0.194 e. The van der Waals surface area contributed by atoms with Crippen molar-refractivity contribution in [2.75, 3.05) is 0 Å². The Balaban J connectivity index is 0.000000121. The van der Waals surface area contributed by atoms with Crippen LogP contribution in [0.2, 0.25) is 0 Å². The molecule has 0 fully saturated rings. The van der Waals surface area contributed by atoms with Crippen molar-refractivity contribution in [3.05, 3.63) is 165 Å². The minimum Gasteiger partial charge on any atom is -0.455 e. The standard InChI is InChI=1S/C25H10Br2O3.C25H12O3/c26-15-9-13-21(24-19(15)11-5-1-3-7-17(11)29-24)22-14(23(13)28)10-16(27)20-12-6-2-4-8-18(12)30-25(20)22;26-23-17-11-9-15-13-5-1-3-7-19(13)27-24(15)21(17)22-18(23)12-10-16-14-6-2-4-8-20(14)28-25(16)22/h1-10H;1-12H. The van der Waals surface area contributed by atoms with Crippen molar-refractivity contribution >= 4 is 131 Å². The molecule has 12 aromatic rings. The van der Waals surface area contributed by atoms with Gasteiger partial charge in [-0.3, -0.25) is 9.59 Å². The summed E-state index contributed by atoms with van der Waals surface area (Å²) in [6, 6.07) is 43.4. The molecule has 2 aliphatic carbocycles. The van der Waals surface area contributed by atoms with Crippen LogP contribution in [0.3, 0.4) is 0 Å². The summed E-state index contributed by atoms with van der Waals surface area (Å²) in [5.74, 6) is 0.000763. The van der Waals surface area contributed by atoms with Gasteiger partial charge in [-0.25, -0.2) is 0 Å². The molecule has 58 heavy (non-hydrogen) atoms. The minimum absolute atomic E-state index is 0.0221. The van der Waals surface area contributed by atoms with E-state index < -0.39 is 0 Å². The Labute approximate surface area is 343 Å². The second kappa shape index (κ2) is 11.4. The van der Waals surface area contributed by atoms with Gasteiger partial charge in [0.1, 0.15) is 44.7 Å². The molecule has 0 radical (unpaired) electrons. The van der Waals surface area contributed by atoms with Crippen LogP contribution in [0.15, 0.2) is 160 Å². The van der Waals surface area contributed by atoms with Crippen LogP contribution in [-0.4, -0.2) is 11.6 Å². The van der Waals surface area contributed by atoms with Gasteiger partial charge in [-0.15, -0.1) is 0 Å². The van der Waals surface area contributed by atoms with Gasteiger partial charge in [0, 0.05) is 96.5 Å². The Bertz CT molecular complexity index is 3620. The highest BCUT2D eigenvalue weighted by atomic mass is 79.9. The highest BCUT2D eigenvalue weighted by Gasteiger charge is 2.36. The Kier molecular flexibility index (Phi) is 6.38. The summed E-state index contributed by atoms with van der Waals surface area (Å²) < 4.78 is 26.8. The molecule has 0 amide bonds. The SMILES string of the molecule is O=C1c2cc(Br)c3c(oc4ccccc43)c2-c2c1cc(Br)c1c2oc2ccccc21.O=C1c2ccc3c(oc4ccccc43)c2-c2c1ccc1c2oc2ccccc21. The van der Waals surface area contributed by atoms with E-state index in [1.54, 1.807) is 0 Å². The summed E-state index contributed by atoms with van der Waals surface area (Å²) in [6.07, 6.45) is 0. The van der Waals surface area contributed by atoms with Gasteiger partial charge in [0.15, 0.2) is 11.6 Å². The van der Waals surface area contributed by atoms with E-state index in [4.69, 9.17) is 17.7 Å². The molecule has 0 N–H and O–H groups in total. The van der Waals surface area contributed by atoms with Gasteiger partial charge in [0.2, 0.25) is 0 Å². The third-order valence-corrected chi connectivity index (χ3v) is 13.0. The van der Waals surface area contributed by atoms with E-state index in [-0.39, 0.29) is 11.6 Å². The molecule has 0 saturated heterocycles. The lowest BCUT2D eigenvalue weighted by atomic mass is 10.00. The summed E-state index contributed by atoms with van der Waals surface area (Å²) in [5.41, 5.74) is 12.0. The normalized spacial score (nSPS) is 13.1. The summed E-state index contributed by atoms with van der Waals surface area (Å²) >= 11 is 7.34. The molecule has 6 nitrogen and oxygen atoms in total. The van der Waals surface area contributed by atoms with E-state index in [9.17, 15) is 9.59 Å². The van der Waals surface area contributed by atoms with Crippen LogP contribution in [0.1, 0.15) is 31.8 Å². The van der Waals surface area contributed by atoms with E-state index in [0.29, 0.717) is 33.4 Å². The number of benzene rings is 8. The third kappa shape index (κ3) is 4.10. The van der Waals surface area contributed by atoms with Gasteiger partial charge in [-0.05, 0) is 92.5 Å². The lowest BCUT2D eigenvalue weighted by molar-refractivity contribution is 0.103. The molecule has 8 heteroatoms. The number of furan rings is 4. The molecule has 4 aromatic heterocycles. The molecular weight excluding hydrogens is 856 g/mol. The molecule has 8 aromatic carbocycles. The Morgan fingerprint density at radius 2 is 0.655 bits per heavy atom. The second-order valence-electron chi connectivity index (χ2n) is 14.8. The highest BCUT2D eigenvalue weighted by Crippen LogP contribution is 2.53. The smallest absolute Gasteiger partial charge is 0.194 e. The number of carbonyl (C=O) groups excluding carboxylic acids is 2. The molecule has 2 aliphatic rings. The van der Waals surface area contributed by atoms with Crippen molar-refractivity contribution in [2.45, 2.75) is 0 Å². The first kappa shape index (κ1) is 32.4. The average molecular weight is 879 g/mol. The second-order valence-corrected chi connectivity index (χ2v) is 16.5. The predicted octanol–water partition coefficient (Wildman–Crippen LogP) is 14.9. The average Bonchev–Trinajstić information content (AvgIpc) is 4.09. The number of carbonyl (C=O) groups is 2. The zero-order valence-electron chi connectivity index (χ0n) is 29.9.